The van der Waals surface area contributed by atoms with E-state index in [2.05, 4.69) is 21.6 Å². The fourth-order valence-corrected chi connectivity index (χ4v) is 3.24. The summed E-state index contributed by atoms with van der Waals surface area (Å²) in [4.78, 5) is 14.0. The molecule has 1 atom stereocenters. The van der Waals surface area contributed by atoms with E-state index in [-0.39, 0.29) is 17.0 Å². The fraction of sp³-hybridized carbons (Fsp3) is 0.300. The lowest BCUT2D eigenvalue weighted by atomic mass is 10.2. The van der Waals surface area contributed by atoms with Crippen LogP contribution in [0.3, 0.4) is 0 Å². The van der Waals surface area contributed by atoms with E-state index in [1.807, 2.05) is 23.9 Å². The average Bonchev–Trinajstić information content (AvgIpc) is 2.78. The van der Waals surface area contributed by atoms with Gasteiger partial charge in [0.1, 0.15) is 5.50 Å². The van der Waals surface area contributed by atoms with Crippen molar-refractivity contribution < 1.29 is 4.79 Å². The number of hydrogen-bond acceptors (Lipinski definition) is 4. The second-order valence-corrected chi connectivity index (χ2v) is 4.68. The lowest BCUT2D eigenvalue weighted by Gasteiger charge is -2.16. The van der Waals surface area contributed by atoms with Gasteiger partial charge in [-0.3, -0.25) is 10.1 Å². The number of rotatable bonds is 2. The van der Waals surface area contributed by atoms with Gasteiger partial charge in [0.15, 0.2) is 0 Å². The van der Waals surface area contributed by atoms with E-state index < -0.39 is 0 Å². The standard InChI is InChI=1S/C10H11N3OS.BrH/c14-6-12-7-1-2-9-8(5-7)13-4-3-11-10(13)15-9;/h1-2,5-6,10-11H,3-4H2,(H,12,14);1H. The molecule has 2 N–H and O–H groups in total. The van der Waals surface area contributed by atoms with Crippen molar-refractivity contribution in [3.8, 4) is 0 Å². The minimum atomic E-state index is 0. The molecule has 0 bridgehead atoms. The van der Waals surface area contributed by atoms with Crippen LogP contribution in [0.1, 0.15) is 0 Å². The summed E-state index contributed by atoms with van der Waals surface area (Å²) in [5, 5.41) is 6.10. The number of halogens is 1. The van der Waals surface area contributed by atoms with E-state index >= 15 is 0 Å². The lowest BCUT2D eigenvalue weighted by molar-refractivity contribution is -0.105. The second-order valence-electron chi connectivity index (χ2n) is 3.56. The predicted octanol–water partition coefficient (Wildman–Crippen LogP) is 1.63. The van der Waals surface area contributed by atoms with Gasteiger partial charge in [0, 0.05) is 23.7 Å². The number of fused-ring (bicyclic) bond motifs is 3. The molecule has 0 spiro atoms. The summed E-state index contributed by atoms with van der Waals surface area (Å²) in [6.07, 6.45) is 0.712. The molecule has 2 heterocycles. The Bertz CT molecular complexity index is 415. The molecule has 0 saturated carbocycles. The first kappa shape index (κ1) is 11.8. The quantitative estimate of drug-likeness (QED) is 0.815. The van der Waals surface area contributed by atoms with Crippen molar-refractivity contribution >= 4 is 46.5 Å². The molecule has 1 aromatic carbocycles. The van der Waals surface area contributed by atoms with Crippen molar-refractivity contribution in [3.63, 3.8) is 0 Å². The first-order chi connectivity index (χ1) is 7.38. The molecule has 2 aliphatic heterocycles. The van der Waals surface area contributed by atoms with E-state index in [0.29, 0.717) is 11.9 Å². The average molecular weight is 302 g/mol. The first-order valence-electron chi connectivity index (χ1n) is 4.89. The molecule has 0 radical (unpaired) electrons. The fourth-order valence-electron chi connectivity index (χ4n) is 2.01. The van der Waals surface area contributed by atoms with Crippen LogP contribution < -0.4 is 15.5 Å². The zero-order chi connectivity index (χ0) is 10.3. The van der Waals surface area contributed by atoms with Crippen molar-refractivity contribution in [2.75, 3.05) is 23.3 Å². The number of carbonyl (C=O) groups excluding carboxylic acids is 1. The van der Waals surface area contributed by atoms with Crippen molar-refractivity contribution in [2.24, 2.45) is 0 Å². The maximum Gasteiger partial charge on any atom is 0.211 e. The van der Waals surface area contributed by atoms with Crippen LogP contribution in [0.5, 0.6) is 0 Å². The van der Waals surface area contributed by atoms with Crippen molar-refractivity contribution in [2.45, 2.75) is 10.4 Å². The smallest absolute Gasteiger partial charge is 0.211 e. The summed E-state index contributed by atoms with van der Waals surface area (Å²) >= 11 is 1.83. The third-order valence-electron chi connectivity index (χ3n) is 2.69. The number of thioether (sulfide) groups is 1. The van der Waals surface area contributed by atoms with Gasteiger partial charge in [-0.1, -0.05) is 11.8 Å². The third-order valence-corrected chi connectivity index (χ3v) is 3.93. The molecule has 16 heavy (non-hydrogen) atoms. The molecule has 86 valence electrons. The third kappa shape index (κ3) is 1.81. The molecule has 6 heteroatoms. The normalized spacial score (nSPS) is 21.0. The van der Waals surface area contributed by atoms with Gasteiger partial charge in [-0.25, -0.2) is 0 Å². The Morgan fingerprint density at radius 1 is 1.56 bits per heavy atom. The van der Waals surface area contributed by atoms with Crippen LogP contribution in [-0.2, 0) is 4.79 Å². The SMILES string of the molecule is Br.O=CNc1ccc2c(c1)N1CCNC1S2. The number of nitrogens with one attached hydrogen (secondary N) is 2. The Labute approximate surface area is 109 Å². The van der Waals surface area contributed by atoms with Gasteiger partial charge in [0.05, 0.1) is 5.69 Å². The molecule has 1 saturated heterocycles. The second kappa shape index (κ2) is 4.65. The molecule has 1 unspecified atom stereocenters. The molecule has 0 aromatic heterocycles. The van der Waals surface area contributed by atoms with Crippen LogP contribution in [0, 0.1) is 0 Å². The van der Waals surface area contributed by atoms with E-state index in [1.54, 1.807) is 0 Å². The van der Waals surface area contributed by atoms with Crippen molar-refractivity contribution in [3.05, 3.63) is 18.2 Å². The molecule has 1 aromatic rings. The summed E-state index contributed by atoms with van der Waals surface area (Å²) in [6.45, 7) is 2.07. The highest BCUT2D eigenvalue weighted by Gasteiger charge is 2.33. The summed E-state index contributed by atoms with van der Waals surface area (Å²) in [5.74, 6) is 0. The molecule has 1 amide bonds. The van der Waals surface area contributed by atoms with Crippen molar-refractivity contribution in [1.82, 2.24) is 5.32 Å². The van der Waals surface area contributed by atoms with Gasteiger partial charge in [0.25, 0.3) is 0 Å². The van der Waals surface area contributed by atoms with Crippen LogP contribution in [0.15, 0.2) is 23.1 Å². The van der Waals surface area contributed by atoms with Gasteiger partial charge in [-0.2, -0.15) is 0 Å². The first-order valence-corrected chi connectivity index (χ1v) is 5.77. The van der Waals surface area contributed by atoms with Gasteiger partial charge in [-0.05, 0) is 18.2 Å². The molecule has 4 nitrogen and oxygen atoms in total. The van der Waals surface area contributed by atoms with Crippen LogP contribution in [-0.4, -0.2) is 25.0 Å². The van der Waals surface area contributed by atoms with Gasteiger partial charge < -0.3 is 10.2 Å². The van der Waals surface area contributed by atoms with E-state index in [0.717, 1.165) is 18.8 Å². The molecule has 3 rings (SSSR count). The zero-order valence-corrected chi connectivity index (χ0v) is 11.0. The number of nitrogens with zero attached hydrogens (tertiary/aromatic N) is 1. The Morgan fingerprint density at radius 3 is 3.25 bits per heavy atom. The molecule has 1 fully saturated rings. The lowest BCUT2D eigenvalue weighted by Crippen LogP contribution is -2.28. The number of anilines is 2. The number of benzene rings is 1. The Kier molecular flexibility index (Phi) is 3.41. The van der Waals surface area contributed by atoms with Crippen LogP contribution >= 0.6 is 28.7 Å². The van der Waals surface area contributed by atoms with E-state index in [4.69, 9.17) is 0 Å². The monoisotopic (exact) mass is 301 g/mol. The number of hydrogen-bond donors (Lipinski definition) is 2. The molecular weight excluding hydrogens is 290 g/mol. The highest BCUT2D eigenvalue weighted by atomic mass is 79.9. The van der Waals surface area contributed by atoms with Crippen LogP contribution in [0.25, 0.3) is 0 Å². The largest absolute Gasteiger partial charge is 0.345 e. The highest BCUT2D eigenvalue weighted by molar-refractivity contribution is 8.93. The van der Waals surface area contributed by atoms with Crippen LogP contribution in [0.4, 0.5) is 11.4 Å². The maximum absolute atomic E-state index is 10.4. The minimum absolute atomic E-state index is 0. The van der Waals surface area contributed by atoms with E-state index in [1.165, 1.54) is 10.6 Å². The zero-order valence-electron chi connectivity index (χ0n) is 8.47. The summed E-state index contributed by atoms with van der Waals surface area (Å²) in [6, 6.07) is 6.03. The highest BCUT2D eigenvalue weighted by Crippen LogP contribution is 2.44. The summed E-state index contributed by atoms with van der Waals surface area (Å²) in [5.41, 5.74) is 2.46. The van der Waals surface area contributed by atoms with Gasteiger partial charge >= 0.3 is 0 Å². The summed E-state index contributed by atoms with van der Waals surface area (Å²) < 4.78 is 0. The van der Waals surface area contributed by atoms with Crippen LogP contribution in [0.2, 0.25) is 0 Å². The predicted molar refractivity (Wildman–Crippen MR) is 71.4 cm³/mol. The molecule has 0 aliphatic carbocycles. The van der Waals surface area contributed by atoms with Gasteiger partial charge in [0.2, 0.25) is 6.41 Å². The van der Waals surface area contributed by atoms with Crippen molar-refractivity contribution in [1.29, 1.82) is 0 Å². The summed E-state index contributed by atoms with van der Waals surface area (Å²) in [7, 11) is 0. The maximum atomic E-state index is 10.4. The van der Waals surface area contributed by atoms with Gasteiger partial charge in [-0.15, -0.1) is 17.0 Å². The molecule has 2 aliphatic rings. The molecular formula is C10H12BrN3OS. The number of amides is 1. The topological polar surface area (TPSA) is 44.4 Å². The Morgan fingerprint density at radius 2 is 2.44 bits per heavy atom. The minimum Gasteiger partial charge on any atom is -0.345 e. The Hall–Kier alpha value is -0.720. The number of carbonyl (C=O) groups is 1. The Balaban J connectivity index is 0.000000963. The van der Waals surface area contributed by atoms with E-state index in [9.17, 15) is 4.79 Å².